The van der Waals surface area contributed by atoms with E-state index in [1.807, 2.05) is 6.92 Å². The number of aliphatic hydroxyl groups is 1. The van der Waals surface area contributed by atoms with Crippen LogP contribution in [0.15, 0.2) is 0 Å². The monoisotopic (exact) mass is 228 g/mol. The number of carbonyl (C=O) groups is 1. The Morgan fingerprint density at radius 3 is 2.56 bits per heavy atom. The molecule has 0 spiro atoms. The minimum Gasteiger partial charge on any atom is -0.396 e. The zero-order valence-corrected chi connectivity index (χ0v) is 10.2. The zero-order valence-electron chi connectivity index (χ0n) is 10.2. The maximum absolute atomic E-state index is 12.2. The van der Waals surface area contributed by atoms with Crippen LogP contribution in [0.25, 0.3) is 0 Å². The summed E-state index contributed by atoms with van der Waals surface area (Å²) >= 11 is 0. The van der Waals surface area contributed by atoms with Crippen molar-refractivity contribution in [2.45, 2.75) is 51.5 Å². The normalized spacial score (nSPS) is 20.7. The lowest BCUT2D eigenvalue weighted by molar-refractivity contribution is -0.131. The summed E-state index contributed by atoms with van der Waals surface area (Å²) < 4.78 is 0. The zero-order chi connectivity index (χ0) is 12.0. The summed E-state index contributed by atoms with van der Waals surface area (Å²) in [7, 11) is 0. The van der Waals surface area contributed by atoms with Gasteiger partial charge in [0, 0.05) is 19.2 Å². The average Bonchev–Trinajstić information content (AvgIpc) is 2.78. The second-order valence-electron chi connectivity index (χ2n) is 4.78. The molecule has 1 fully saturated rings. The Labute approximate surface area is 97.6 Å². The Bertz CT molecular complexity index is 225. The molecule has 0 heterocycles. The number of aliphatic hydroxyl groups excluding tert-OH is 1. The Hall–Kier alpha value is -0.610. The molecule has 0 radical (unpaired) electrons. The van der Waals surface area contributed by atoms with Crippen LogP contribution in [0, 0.1) is 5.41 Å². The van der Waals surface area contributed by atoms with E-state index in [4.69, 9.17) is 10.8 Å². The predicted molar refractivity (Wildman–Crippen MR) is 63.9 cm³/mol. The first-order chi connectivity index (χ1) is 7.68. The molecule has 1 aliphatic carbocycles. The first kappa shape index (κ1) is 13.5. The third kappa shape index (κ3) is 2.95. The van der Waals surface area contributed by atoms with Gasteiger partial charge in [-0.25, -0.2) is 0 Å². The number of hydrogen-bond acceptors (Lipinski definition) is 3. The summed E-state index contributed by atoms with van der Waals surface area (Å²) in [6.07, 6.45) is 5.49. The van der Waals surface area contributed by atoms with Crippen molar-refractivity contribution in [1.29, 1.82) is 0 Å². The number of nitrogens with one attached hydrogen (secondary N) is 1. The van der Waals surface area contributed by atoms with Crippen LogP contribution >= 0.6 is 0 Å². The van der Waals surface area contributed by atoms with E-state index in [1.165, 1.54) is 0 Å². The summed E-state index contributed by atoms with van der Waals surface area (Å²) in [5.41, 5.74) is 5.42. The molecule has 0 aromatic carbocycles. The first-order valence-corrected chi connectivity index (χ1v) is 6.30. The molecule has 4 heteroatoms. The molecule has 4 nitrogen and oxygen atoms in total. The van der Waals surface area contributed by atoms with E-state index in [0.717, 1.165) is 32.1 Å². The fourth-order valence-electron chi connectivity index (χ4n) is 2.45. The molecule has 1 saturated carbocycles. The van der Waals surface area contributed by atoms with Crippen molar-refractivity contribution in [1.82, 2.24) is 5.32 Å². The van der Waals surface area contributed by atoms with Crippen LogP contribution in [0.5, 0.6) is 0 Å². The molecule has 0 bridgehead atoms. The molecule has 4 N–H and O–H groups in total. The van der Waals surface area contributed by atoms with Gasteiger partial charge in [0.05, 0.1) is 5.41 Å². The van der Waals surface area contributed by atoms with E-state index < -0.39 is 0 Å². The maximum atomic E-state index is 12.2. The van der Waals surface area contributed by atoms with Gasteiger partial charge in [0.15, 0.2) is 0 Å². The van der Waals surface area contributed by atoms with E-state index in [2.05, 4.69) is 5.32 Å². The molecular formula is C12H24N2O2. The third-order valence-electron chi connectivity index (χ3n) is 3.74. The Balaban J connectivity index is 2.54. The Kier molecular flexibility index (Phi) is 5.22. The molecule has 1 amide bonds. The molecular weight excluding hydrogens is 204 g/mol. The van der Waals surface area contributed by atoms with Crippen LogP contribution in [0.4, 0.5) is 0 Å². The highest BCUT2D eigenvalue weighted by atomic mass is 16.3. The van der Waals surface area contributed by atoms with Crippen molar-refractivity contribution in [3.63, 3.8) is 0 Å². The summed E-state index contributed by atoms with van der Waals surface area (Å²) in [4.78, 5) is 12.2. The number of rotatable bonds is 6. The Morgan fingerprint density at radius 2 is 2.12 bits per heavy atom. The van der Waals surface area contributed by atoms with E-state index in [1.54, 1.807) is 0 Å². The van der Waals surface area contributed by atoms with Crippen LogP contribution < -0.4 is 11.1 Å². The average molecular weight is 228 g/mol. The van der Waals surface area contributed by atoms with E-state index >= 15 is 0 Å². The second-order valence-corrected chi connectivity index (χ2v) is 4.78. The molecule has 0 saturated heterocycles. The highest BCUT2D eigenvalue weighted by Crippen LogP contribution is 2.37. The van der Waals surface area contributed by atoms with E-state index in [0.29, 0.717) is 13.0 Å². The number of amides is 1. The quantitative estimate of drug-likeness (QED) is 0.629. The number of nitrogens with two attached hydrogens (primary N) is 1. The lowest BCUT2D eigenvalue weighted by atomic mass is 9.85. The van der Waals surface area contributed by atoms with Crippen LogP contribution in [0.1, 0.15) is 45.4 Å². The molecule has 16 heavy (non-hydrogen) atoms. The van der Waals surface area contributed by atoms with Gasteiger partial charge in [-0.3, -0.25) is 4.79 Å². The fraction of sp³-hybridized carbons (Fsp3) is 0.917. The van der Waals surface area contributed by atoms with Gasteiger partial charge in [0.2, 0.25) is 5.91 Å². The highest BCUT2D eigenvalue weighted by molar-refractivity contribution is 5.83. The van der Waals surface area contributed by atoms with Gasteiger partial charge in [-0.15, -0.1) is 0 Å². The minimum atomic E-state index is -0.330. The van der Waals surface area contributed by atoms with Crippen molar-refractivity contribution >= 4 is 5.91 Å². The molecule has 1 unspecified atom stereocenters. The largest absolute Gasteiger partial charge is 0.396 e. The van der Waals surface area contributed by atoms with Gasteiger partial charge < -0.3 is 16.2 Å². The highest BCUT2D eigenvalue weighted by Gasteiger charge is 2.40. The number of carbonyl (C=O) groups excluding carboxylic acids is 1. The molecule has 0 aromatic heterocycles. The fourth-order valence-corrected chi connectivity index (χ4v) is 2.45. The predicted octanol–water partition coefficient (Wildman–Crippen LogP) is 0.783. The first-order valence-electron chi connectivity index (χ1n) is 6.30. The van der Waals surface area contributed by atoms with Gasteiger partial charge in [-0.05, 0) is 25.7 Å². The molecule has 1 aliphatic rings. The topological polar surface area (TPSA) is 75.3 Å². The molecule has 1 rings (SSSR count). The van der Waals surface area contributed by atoms with Crippen molar-refractivity contribution < 1.29 is 9.90 Å². The van der Waals surface area contributed by atoms with Gasteiger partial charge in [-0.1, -0.05) is 19.8 Å². The molecule has 0 aromatic rings. The van der Waals surface area contributed by atoms with Crippen LogP contribution in [-0.2, 0) is 4.79 Å². The van der Waals surface area contributed by atoms with Gasteiger partial charge in [-0.2, -0.15) is 0 Å². The lowest BCUT2D eigenvalue weighted by Gasteiger charge is -2.28. The summed E-state index contributed by atoms with van der Waals surface area (Å²) in [5.74, 6) is 0.0906. The van der Waals surface area contributed by atoms with Gasteiger partial charge in [0.25, 0.3) is 0 Å². The molecule has 94 valence electrons. The number of hydrogen-bond donors (Lipinski definition) is 3. The standard InChI is InChI=1S/C12H24N2O2/c1-2-10(5-8-15)14-11(16)12(9-13)6-3-4-7-12/h10,15H,2-9,13H2,1H3,(H,14,16). The maximum Gasteiger partial charge on any atom is 0.227 e. The molecule has 1 atom stereocenters. The third-order valence-corrected chi connectivity index (χ3v) is 3.74. The SMILES string of the molecule is CCC(CCO)NC(=O)C1(CN)CCCC1. The van der Waals surface area contributed by atoms with Crippen LogP contribution in [0.3, 0.4) is 0 Å². The minimum absolute atomic E-state index is 0.0847. The van der Waals surface area contributed by atoms with Crippen LogP contribution in [0.2, 0.25) is 0 Å². The van der Waals surface area contributed by atoms with Crippen LogP contribution in [-0.4, -0.2) is 30.2 Å². The second kappa shape index (κ2) is 6.21. The van der Waals surface area contributed by atoms with Crippen molar-refractivity contribution in [3.8, 4) is 0 Å². The Morgan fingerprint density at radius 1 is 1.50 bits per heavy atom. The van der Waals surface area contributed by atoms with E-state index in [9.17, 15) is 4.79 Å². The van der Waals surface area contributed by atoms with Gasteiger partial charge >= 0.3 is 0 Å². The van der Waals surface area contributed by atoms with Gasteiger partial charge in [0.1, 0.15) is 0 Å². The van der Waals surface area contributed by atoms with Crippen molar-refractivity contribution in [2.24, 2.45) is 11.1 Å². The van der Waals surface area contributed by atoms with E-state index in [-0.39, 0.29) is 24.0 Å². The summed E-state index contributed by atoms with van der Waals surface area (Å²) in [6.45, 7) is 2.58. The lowest BCUT2D eigenvalue weighted by Crippen LogP contribution is -2.48. The smallest absolute Gasteiger partial charge is 0.227 e. The summed E-state index contributed by atoms with van der Waals surface area (Å²) in [5, 5.41) is 11.9. The van der Waals surface area contributed by atoms with Crippen molar-refractivity contribution in [3.05, 3.63) is 0 Å². The summed E-state index contributed by atoms with van der Waals surface area (Å²) in [6, 6.07) is 0.0847. The molecule has 0 aliphatic heterocycles. The van der Waals surface area contributed by atoms with Crippen molar-refractivity contribution in [2.75, 3.05) is 13.2 Å².